The highest BCUT2D eigenvalue weighted by molar-refractivity contribution is 5.87. The Bertz CT molecular complexity index is 592. The molecule has 2 N–H and O–H groups in total. The van der Waals surface area contributed by atoms with Crippen LogP contribution in [0.15, 0.2) is 24.3 Å². The van der Waals surface area contributed by atoms with E-state index in [9.17, 15) is 9.18 Å². The number of hydrogen-bond donors (Lipinski definition) is 2. The van der Waals surface area contributed by atoms with E-state index in [4.69, 9.17) is 10.2 Å². The van der Waals surface area contributed by atoms with Crippen molar-refractivity contribution in [3.05, 3.63) is 35.8 Å². The number of benzene rings is 1. The summed E-state index contributed by atoms with van der Waals surface area (Å²) in [5.41, 5.74) is 0.792. The van der Waals surface area contributed by atoms with Crippen molar-refractivity contribution < 1.29 is 19.4 Å². The van der Waals surface area contributed by atoms with Crippen LogP contribution in [0.1, 0.15) is 10.5 Å². The lowest BCUT2D eigenvalue weighted by molar-refractivity contribution is 0.0689. The molecule has 1 aromatic heterocycles. The van der Waals surface area contributed by atoms with Crippen LogP contribution in [0.4, 0.5) is 4.39 Å². The predicted molar refractivity (Wildman–Crippen MR) is 57.2 cm³/mol. The Morgan fingerprint density at radius 2 is 2.12 bits per heavy atom. The monoisotopic (exact) mass is 236 g/mol. The Kier molecular flexibility index (Phi) is 2.55. The summed E-state index contributed by atoms with van der Waals surface area (Å²) in [7, 11) is 1.56. The van der Waals surface area contributed by atoms with Gasteiger partial charge in [-0.2, -0.15) is 5.10 Å². The van der Waals surface area contributed by atoms with E-state index in [1.165, 1.54) is 22.9 Å². The SMILES string of the molecule is Cn1nc(C(=O)O)cc1-c1ccc(O)c(F)c1. The molecule has 5 nitrogen and oxygen atoms in total. The Labute approximate surface area is 95.7 Å². The largest absolute Gasteiger partial charge is 0.505 e. The molecule has 0 saturated heterocycles. The van der Waals surface area contributed by atoms with Crippen molar-refractivity contribution in [3.8, 4) is 17.0 Å². The molecule has 0 atom stereocenters. The molecule has 2 aromatic rings. The molecule has 0 aliphatic rings. The van der Waals surface area contributed by atoms with Gasteiger partial charge in [-0.15, -0.1) is 0 Å². The molecule has 0 unspecified atom stereocenters. The van der Waals surface area contributed by atoms with Gasteiger partial charge in [-0.25, -0.2) is 9.18 Å². The first-order valence-electron chi connectivity index (χ1n) is 4.75. The summed E-state index contributed by atoms with van der Waals surface area (Å²) < 4.78 is 14.5. The van der Waals surface area contributed by atoms with E-state index in [1.807, 2.05) is 0 Å². The number of phenolic OH excluding ortho intramolecular Hbond substituents is 1. The van der Waals surface area contributed by atoms with Crippen molar-refractivity contribution in [1.82, 2.24) is 9.78 Å². The molecule has 1 heterocycles. The summed E-state index contributed by atoms with van der Waals surface area (Å²) in [6.07, 6.45) is 0. The van der Waals surface area contributed by atoms with Crippen LogP contribution in [0.2, 0.25) is 0 Å². The number of aryl methyl sites for hydroxylation is 1. The fourth-order valence-corrected chi connectivity index (χ4v) is 1.51. The molecule has 88 valence electrons. The molecule has 0 radical (unpaired) electrons. The molecule has 0 aliphatic carbocycles. The lowest BCUT2D eigenvalue weighted by atomic mass is 10.1. The molecule has 1 aromatic carbocycles. The number of carbonyl (C=O) groups is 1. The molecule has 0 spiro atoms. The molecule has 0 amide bonds. The van der Waals surface area contributed by atoms with E-state index in [-0.39, 0.29) is 5.69 Å². The first kappa shape index (κ1) is 11.1. The lowest BCUT2D eigenvalue weighted by Crippen LogP contribution is -1.99. The summed E-state index contributed by atoms with van der Waals surface area (Å²) in [5.74, 6) is -2.36. The van der Waals surface area contributed by atoms with Crippen molar-refractivity contribution in [1.29, 1.82) is 0 Å². The quantitative estimate of drug-likeness (QED) is 0.830. The molecule has 2 rings (SSSR count). The van der Waals surface area contributed by atoms with Crippen LogP contribution in [0, 0.1) is 5.82 Å². The third-order valence-electron chi connectivity index (χ3n) is 2.34. The summed E-state index contributed by atoms with van der Waals surface area (Å²) in [6, 6.07) is 5.16. The topological polar surface area (TPSA) is 75.4 Å². The Morgan fingerprint density at radius 1 is 1.41 bits per heavy atom. The predicted octanol–water partition coefficient (Wildman–Crippen LogP) is 1.63. The molecular weight excluding hydrogens is 227 g/mol. The van der Waals surface area contributed by atoms with Crippen molar-refractivity contribution in [3.63, 3.8) is 0 Å². The van der Waals surface area contributed by atoms with Crippen LogP contribution < -0.4 is 0 Å². The number of aromatic carboxylic acids is 1. The van der Waals surface area contributed by atoms with E-state index >= 15 is 0 Å². The normalized spacial score (nSPS) is 10.5. The third-order valence-corrected chi connectivity index (χ3v) is 2.34. The van der Waals surface area contributed by atoms with E-state index in [2.05, 4.69) is 5.10 Å². The fraction of sp³-hybridized carbons (Fsp3) is 0.0909. The lowest BCUT2D eigenvalue weighted by Gasteiger charge is -2.02. The molecule has 0 fully saturated rings. The van der Waals surface area contributed by atoms with Crippen molar-refractivity contribution >= 4 is 5.97 Å². The van der Waals surface area contributed by atoms with E-state index in [1.54, 1.807) is 7.05 Å². The van der Waals surface area contributed by atoms with Gasteiger partial charge in [0, 0.05) is 12.6 Å². The second-order valence-corrected chi connectivity index (χ2v) is 3.51. The van der Waals surface area contributed by atoms with Crippen LogP contribution in [-0.2, 0) is 7.05 Å². The maximum absolute atomic E-state index is 13.2. The van der Waals surface area contributed by atoms with Crippen LogP contribution in [0.3, 0.4) is 0 Å². The van der Waals surface area contributed by atoms with Gasteiger partial charge in [0.15, 0.2) is 17.3 Å². The summed E-state index contributed by atoms with van der Waals surface area (Å²) in [6.45, 7) is 0. The Morgan fingerprint density at radius 3 is 2.65 bits per heavy atom. The van der Waals surface area contributed by atoms with Gasteiger partial charge < -0.3 is 10.2 Å². The molecule has 0 saturated carbocycles. The molecular formula is C11H9FN2O3. The number of carboxylic acids is 1. The number of halogens is 1. The average Bonchev–Trinajstić information content (AvgIpc) is 2.65. The highest BCUT2D eigenvalue weighted by Gasteiger charge is 2.13. The van der Waals surface area contributed by atoms with Gasteiger partial charge >= 0.3 is 5.97 Å². The Hall–Kier alpha value is -2.37. The number of nitrogens with zero attached hydrogens (tertiary/aromatic N) is 2. The van der Waals surface area contributed by atoms with Crippen LogP contribution in [0.5, 0.6) is 5.75 Å². The third kappa shape index (κ3) is 1.96. The first-order valence-corrected chi connectivity index (χ1v) is 4.75. The van der Waals surface area contributed by atoms with Gasteiger partial charge in [-0.3, -0.25) is 4.68 Å². The second-order valence-electron chi connectivity index (χ2n) is 3.51. The minimum atomic E-state index is -1.15. The van der Waals surface area contributed by atoms with Gasteiger partial charge in [-0.1, -0.05) is 0 Å². The number of rotatable bonds is 2. The molecule has 0 aliphatic heterocycles. The molecule has 0 bridgehead atoms. The minimum Gasteiger partial charge on any atom is -0.505 e. The zero-order valence-corrected chi connectivity index (χ0v) is 8.88. The van der Waals surface area contributed by atoms with Gasteiger partial charge in [-0.05, 0) is 24.3 Å². The Balaban J connectivity index is 2.52. The van der Waals surface area contributed by atoms with Gasteiger partial charge in [0.2, 0.25) is 0 Å². The van der Waals surface area contributed by atoms with Crippen LogP contribution in [-0.4, -0.2) is 26.0 Å². The van der Waals surface area contributed by atoms with Gasteiger partial charge in [0.1, 0.15) is 0 Å². The van der Waals surface area contributed by atoms with Crippen LogP contribution >= 0.6 is 0 Å². The number of carboxylic acid groups (broad SMARTS) is 1. The van der Waals surface area contributed by atoms with Crippen molar-refractivity contribution in [2.75, 3.05) is 0 Å². The minimum absolute atomic E-state index is 0.115. The highest BCUT2D eigenvalue weighted by atomic mass is 19.1. The maximum Gasteiger partial charge on any atom is 0.356 e. The summed E-state index contributed by atoms with van der Waals surface area (Å²) in [4.78, 5) is 10.7. The fourth-order valence-electron chi connectivity index (χ4n) is 1.51. The van der Waals surface area contributed by atoms with Crippen LogP contribution in [0.25, 0.3) is 11.3 Å². The zero-order valence-electron chi connectivity index (χ0n) is 8.88. The maximum atomic E-state index is 13.2. The van der Waals surface area contributed by atoms with E-state index < -0.39 is 17.5 Å². The number of phenols is 1. The van der Waals surface area contributed by atoms with Gasteiger partial charge in [0.25, 0.3) is 0 Å². The number of aromatic nitrogens is 2. The van der Waals surface area contributed by atoms with Crippen molar-refractivity contribution in [2.24, 2.45) is 7.05 Å². The van der Waals surface area contributed by atoms with E-state index in [0.29, 0.717) is 11.3 Å². The summed E-state index contributed by atoms with van der Waals surface area (Å²) in [5, 5.41) is 21.6. The number of aromatic hydroxyl groups is 1. The average molecular weight is 236 g/mol. The van der Waals surface area contributed by atoms with E-state index in [0.717, 1.165) is 6.07 Å². The first-order chi connectivity index (χ1) is 7.99. The molecule has 6 heteroatoms. The van der Waals surface area contributed by atoms with Crippen molar-refractivity contribution in [2.45, 2.75) is 0 Å². The summed E-state index contributed by atoms with van der Waals surface area (Å²) >= 11 is 0. The smallest absolute Gasteiger partial charge is 0.356 e. The highest BCUT2D eigenvalue weighted by Crippen LogP contribution is 2.25. The van der Waals surface area contributed by atoms with Gasteiger partial charge in [0.05, 0.1) is 5.69 Å². The molecule has 17 heavy (non-hydrogen) atoms. The second kappa shape index (κ2) is 3.89. The standard InChI is InChI=1S/C11H9FN2O3/c1-14-9(5-8(13-14)11(16)17)6-2-3-10(15)7(12)4-6/h2-5,15H,1H3,(H,16,17). The number of hydrogen-bond acceptors (Lipinski definition) is 3. The zero-order chi connectivity index (χ0) is 12.6.